The molecule has 3 nitrogen and oxygen atoms in total. The molecule has 2 atom stereocenters. The van der Waals surface area contributed by atoms with E-state index in [-0.39, 0.29) is 5.91 Å². The molecule has 2 unspecified atom stereocenters. The van der Waals surface area contributed by atoms with Gasteiger partial charge in [-0.1, -0.05) is 15.9 Å². The second-order valence-corrected chi connectivity index (χ2v) is 5.56. The predicted octanol–water partition coefficient (Wildman–Crippen LogP) is 2.15. The van der Waals surface area contributed by atoms with E-state index in [1.807, 2.05) is 0 Å². The van der Waals surface area contributed by atoms with Crippen molar-refractivity contribution in [3.05, 3.63) is 0 Å². The molecule has 1 amide bonds. The molecule has 0 spiro atoms. The van der Waals surface area contributed by atoms with Gasteiger partial charge in [-0.05, 0) is 39.7 Å². The van der Waals surface area contributed by atoms with Crippen LogP contribution >= 0.6 is 15.9 Å². The zero-order valence-electron chi connectivity index (χ0n) is 10.3. The Morgan fingerprint density at radius 3 is 2.88 bits per heavy atom. The van der Waals surface area contributed by atoms with Gasteiger partial charge in [0, 0.05) is 30.4 Å². The summed E-state index contributed by atoms with van der Waals surface area (Å²) in [4.78, 5) is 14.0. The molecular weight excluding hydrogens is 268 g/mol. The van der Waals surface area contributed by atoms with E-state index in [9.17, 15) is 4.79 Å². The van der Waals surface area contributed by atoms with Crippen molar-refractivity contribution in [1.29, 1.82) is 0 Å². The highest BCUT2D eigenvalue weighted by Gasteiger charge is 2.23. The maximum Gasteiger partial charge on any atom is 0.220 e. The summed E-state index contributed by atoms with van der Waals surface area (Å²) >= 11 is 3.38. The van der Waals surface area contributed by atoms with Gasteiger partial charge in [-0.25, -0.2) is 0 Å². The average Bonchev–Trinajstić information content (AvgIpc) is 2.24. The van der Waals surface area contributed by atoms with Crippen LogP contribution in [-0.2, 0) is 4.79 Å². The summed E-state index contributed by atoms with van der Waals surface area (Å²) in [5.41, 5.74) is 0. The summed E-state index contributed by atoms with van der Waals surface area (Å²) in [6, 6.07) is 0.976. The van der Waals surface area contributed by atoms with E-state index in [0.29, 0.717) is 18.5 Å². The van der Waals surface area contributed by atoms with Gasteiger partial charge in [0.1, 0.15) is 0 Å². The number of unbranched alkanes of at least 4 members (excludes halogenated alkanes) is 1. The minimum atomic E-state index is 0.225. The van der Waals surface area contributed by atoms with E-state index in [4.69, 9.17) is 0 Å². The number of carbonyl (C=O) groups excluding carboxylic acids is 1. The van der Waals surface area contributed by atoms with Crippen molar-refractivity contribution in [2.24, 2.45) is 0 Å². The Labute approximate surface area is 107 Å². The first-order chi connectivity index (χ1) is 7.63. The van der Waals surface area contributed by atoms with E-state index >= 15 is 0 Å². The van der Waals surface area contributed by atoms with Crippen molar-refractivity contribution in [2.75, 3.05) is 18.9 Å². The lowest BCUT2D eigenvalue weighted by Gasteiger charge is -2.35. The highest BCUT2D eigenvalue weighted by molar-refractivity contribution is 9.09. The number of piperidine rings is 1. The van der Waals surface area contributed by atoms with Crippen molar-refractivity contribution in [2.45, 2.75) is 51.1 Å². The zero-order valence-corrected chi connectivity index (χ0v) is 11.9. The van der Waals surface area contributed by atoms with Crippen LogP contribution in [0.4, 0.5) is 0 Å². The quantitative estimate of drug-likeness (QED) is 0.622. The molecule has 0 radical (unpaired) electrons. The molecule has 16 heavy (non-hydrogen) atoms. The second kappa shape index (κ2) is 7.28. The average molecular weight is 291 g/mol. The van der Waals surface area contributed by atoms with Crippen LogP contribution in [0.1, 0.15) is 39.0 Å². The van der Waals surface area contributed by atoms with Gasteiger partial charge in [-0.2, -0.15) is 0 Å². The number of alkyl halides is 1. The van der Waals surface area contributed by atoms with Gasteiger partial charge in [0.2, 0.25) is 5.91 Å². The van der Waals surface area contributed by atoms with Crippen LogP contribution in [0.3, 0.4) is 0 Å². The monoisotopic (exact) mass is 290 g/mol. The molecule has 4 heteroatoms. The zero-order chi connectivity index (χ0) is 12.0. The van der Waals surface area contributed by atoms with Crippen LogP contribution in [0, 0.1) is 0 Å². The predicted molar refractivity (Wildman–Crippen MR) is 70.9 cm³/mol. The Morgan fingerprint density at radius 1 is 1.50 bits per heavy atom. The van der Waals surface area contributed by atoms with E-state index in [2.05, 4.69) is 40.1 Å². The van der Waals surface area contributed by atoms with E-state index in [1.54, 1.807) is 0 Å². The third kappa shape index (κ3) is 4.83. The summed E-state index contributed by atoms with van der Waals surface area (Å²) in [6.45, 7) is 3.32. The van der Waals surface area contributed by atoms with Gasteiger partial charge >= 0.3 is 0 Å². The summed E-state index contributed by atoms with van der Waals surface area (Å²) in [5, 5.41) is 4.14. The Kier molecular flexibility index (Phi) is 6.36. The number of rotatable bonds is 5. The van der Waals surface area contributed by atoms with Crippen LogP contribution < -0.4 is 5.32 Å². The normalized spacial score (nSPS) is 26.7. The highest BCUT2D eigenvalue weighted by atomic mass is 79.9. The Balaban J connectivity index is 2.19. The van der Waals surface area contributed by atoms with Crippen molar-refractivity contribution in [3.63, 3.8) is 0 Å². The first-order valence-corrected chi connectivity index (χ1v) is 7.31. The molecular formula is C12H23BrN2O. The molecule has 1 rings (SSSR count). The molecule has 1 N–H and O–H groups in total. The van der Waals surface area contributed by atoms with Crippen molar-refractivity contribution >= 4 is 21.8 Å². The molecule has 1 saturated heterocycles. The first kappa shape index (κ1) is 14.0. The number of amides is 1. The minimum absolute atomic E-state index is 0.225. The van der Waals surface area contributed by atoms with Crippen LogP contribution in [0.15, 0.2) is 0 Å². The molecule has 0 aromatic carbocycles. The lowest BCUT2D eigenvalue weighted by Crippen LogP contribution is -2.47. The highest BCUT2D eigenvalue weighted by Crippen LogP contribution is 2.15. The topological polar surface area (TPSA) is 32.3 Å². The molecule has 0 aromatic rings. The van der Waals surface area contributed by atoms with Gasteiger partial charge in [-0.15, -0.1) is 0 Å². The van der Waals surface area contributed by atoms with Gasteiger partial charge in [0.05, 0.1) is 0 Å². The summed E-state index contributed by atoms with van der Waals surface area (Å²) in [7, 11) is 2.15. The van der Waals surface area contributed by atoms with Crippen LogP contribution in [-0.4, -0.2) is 41.8 Å². The van der Waals surface area contributed by atoms with Crippen molar-refractivity contribution in [1.82, 2.24) is 10.2 Å². The Hall–Kier alpha value is -0.0900. The fourth-order valence-corrected chi connectivity index (χ4v) is 2.50. The number of halogens is 1. The van der Waals surface area contributed by atoms with Crippen molar-refractivity contribution < 1.29 is 4.79 Å². The molecule has 1 aliphatic rings. The molecule has 1 aliphatic heterocycles. The number of likely N-dealkylation sites (tertiary alicyclic amines) is 1. The van der Waals surface area contributed by atoms with Crippen LogP contribution in [0.2, 0.25) is 0 Å². The molecule has 94 valence electrons. The smallest absolute Gasteiger partial charge is 0.220 e. The molecule has 0 bridgehead atoms. The van der Waals surface area contributed by atoms with Gasteiger partial charge in [-0.3, -0.25) is 4.79 Å². The standard InChI is InChI=1S/C12H23BrN2O/c1-10-9-11(6-8-15(10)2)14-12(16)5-3-4-7-13/h10-11H,3-9H2,1-2H3,(H,14,16). The van der Waals surface area contributed by atoms with Gasteiger partial charge in [0.15, 0.2) is 0 Å². The van der Waals surface area contributed by atoms with Gasteiger partial charge < -0.3 is 10.2 Å². The molecule has 1 fully saturated rings. The van der Waals surface area contributed by atoms with Crippen LogP contribution in [0.5, 0.6) is 0 Å². The number of nitrogens with zero attached hydrogens (tertiary/aromatic N) is 1. The summed E-state index contributed by atoms with van der Waals surface area (Å²) < 4.78 is 0. The lowest BCUT2D eigenvalue weighted by atomic mass is 9.99. The summed E-state index contributed by atoms with van der Waals surface area (Å²) in [6.07, 6.45) is 4.91. The SMILES string of the molecule is CC1CC(NC(=O)CCCCBr)CCN1C. The number of nitrogens with one attached hydrogen (secondary N) is 1. The summed E-state index contributed by atoms with van der Waals surface area (Å²) in [5.74, 6) is 0.225. The fraction of sp³-hybridized carbons (Fsp3) is 0.917. The molecule has 0 aliphatic carbocycles. The third-order valence-electron chi connectivity index (χ3n) is 3.36. The second-order valence-electron chi connectivity index (χ2n) is 4.76. The molecule has 1 heterocycles. The minimum Gasteiger partial charge on any atom is -0.353 e. The van der Waals surface area contributed by atoms with E-state index < -0.39 is 0 Å². The van der Waals surface area contributed by atoms with E-state index in [1.165, 1.54) is 0 Å². The third-order valence-corrected chi connectivity index (χ3v) is 3.92. The molecule has 0 saturated carbocycles. The Morgan fingerprint density at radius 2 is 2.25 bits per heavy atom. The lowest BCUT2D eigenvalue weighted by molar-refractivity contribution is -0.122. The van der Waals surface area contributed by atoms with Crippen LogP contribution in [0.25, 0.3) is 0 Å². The Bertz CT molecular complexity index is 223. The maximum atomic E-state index is 11.6. The van der Waals surface area contributed by atoms with Gasteiger partial charge in [0.25, 0.3) is 0 Å². The fourth-order valence-electron chi connectivity index (χ4n) is 2.10. The largest absolute Gasteiger partial charge is 0.353 e. The number of hydrogen-bond acceptors (Lipinski definition) is 2. The van der Waals surface area contributed by atoms with E-state index in [0.717, 1.165) is 37.6 Å². The first-order valence-electron chi connectivity index (χ1n) is 6.19. The number of carbonyl (C=O) groups is 1. The van der Waals surface area contributed by atoms with Crippen molar-refractivity contribution in [3.8, 4) is 0 Å². The number of hydrogen-bond donors (Lipinski definition) is 1. The molecule has 0 aromatic heterocycles. The maximum absolute atomic E-state index is 11.6.